The maximum Gasteiger partial charge on any atom is 0.349 e. The summed E-state index contributed by atoms with van der Waals surface area (Å²) in [6, 6.07) is 11.5. The summed E-state index contributed by atoms with van der Waals surface area (Å²) in [5, 5.41) is 5.53. The van der Waals surface area contributed by atoms with E-state index >= 15 is 0 Å². The number of carbonyl (C=O) groups is 2. The molecular formula is C20H21N3O4. The molecule has 3 amide bonds. The molecule has 7 nitrogen and oxygen atoms in total. The van der Waals surface area contributed by atoms with Crippen LogP contribution >= 0.6 is 0 Å². The first kappa shape index (κ1) is 17.3. The first-order valence-electron chi connectivity index (χ1n) is 8.99. The van der Waals surface area contributed by atoms with Gasteiger partial charge in [-0.2, -0.15) is 0 Å². The molecule has 2 aliphatic heterocycles. The van der Waals surface area contributed by atoms with Crippen LogP contribution in [0.15, 0.2) is 45.6 Å². The number of hydrogen-bond acceptors (Lipinski definition) is 4. The first-order valence-corrected chi connectivity index (χ1v) is 8.99. The highest BCUT2D eigenvalue weighted by Gasteiger charge is 2.50. The molecule has 1 spiro atoms. The summed E-state index contributed by atoms with van der Waals surface area (Å²) in [7, 11) is 0. The normalized spacial score (nSPS) is 17.4. The number of aryl methyl sites for hydroxylation is 3. The number of amides is 3. The van der Waals surface area contributed by atoms with Gasteiger partial charge in [-0.05, 0) is 30.5 Å². The van der Waals surface area contributed by atoms with Crippen LogP contribution in [0.3, 0.4) is 0 Å². The van der Waals surface area contributed by atoms with Crippen molar-refractivity contribution in [1.82, 2.24) is 15.5 Å². The molecular weight excluding hydrogens is 346 g/mol. The smallest absolute Gasteiger partial charge is 0.349 e. The van der Waals surface area contributed by atoms with Crippen LogP contribution in [0.5, 0.6) is 0 Å². The van der Waals surface area contributed by atoms with Gasteiger partial charge in [-0.25, -0.2) is 9.59 Å². The van der Waals surface area contributed by atoms with E-state index < -0.39 is 11.2 Å². The Morgan fingerprint density at radius 1 is 1.19 bits per heavy atom. The number of benzene rings is 1. The van der Waals surface area contributed by atoms with E-state index in [-0.39, 0.29) is 17.5 Å². The Balaban J connectivity index is 1.45. The summed E-state index contributed by atoms with van der Waals surface area (Å²) >= 11 is 0. The predicted molar refractivity (Wildman–Crippen MR) is 98.7 cm³/mol. The fraction of sp³-hybridized carbons (Fsp3) is 0.350. The largest absolute Gasteiger partial charge is 0.427 e. The van der Waals surface area contributed by atoms with Crippen molar-refractivity contribution in [2.24, 2.45) is 0 Å². The number of nitrogens with one attached hydrogen (secondary N) is 2. The Hall–Kier alpha value is -3.09. The molecule has 27 heavy (non-hydrogen) atoms. The number of urea groups is 1. The lowest BCUT2D eigenvalue weighted by Crippen LogP contribution is -2.70. The number of carbonyl (C=O) groups excluding carboxylic acids is 2. The molecule has 0 radical (unpaired) electrons. The number of hydrogen-bond donors (Lipinski definition) is 2. The Morgan fingerprint density at radius 3 is 2.56 bits per heavy atom. The molecule has 0 bridgehead atoms. The lowest BCUT2D eigenvalue weighted by Gasteiger charge is -2.46. The van der Waals surface area contributed by atoms with Crippen LogP contribution in [0.1, 0.15) is 27.2 Å². The first-order chi connectivity index (χ1) is 13.0. The fourth-order valence-corrected chi connectivity index (χ4v) is 3.72. The molecule has 140 valence electrons. The van der Waals surface area contributed by atoms with E-state index in [0.717, 1.165) is 12.0 Å². The molecule has 3 heterocycles. The van der Waals surface area contributed by atoms with Gasteiger partial charge in [0.15, 0.2) is 0 Å². The van der Waals surface area contributed by atoms with Crippen molar-refractivity contribution in [3.05, 3.63) is 69.3 Å². The topological polar surface area (TPSA) is 91.7 Å². The minimum absolute atomic E-state index is 0.0746. The summed E-state index contributed by atoms with van der Waals surface area (Å²) in [5.41, 5.74) is 0.851. The van der Waals surface area contributed by atoms with Gasteiger partial charge in [0.05, 0.1) is 5.54 Å². The molecule has 4 rings (SSSR count). The van der Waals surface area contributed by atoms with Crippen LogP contribution in [-0.2, 0) is 12.8 Å². The molecule has 2 saturated heterocycles. The number of rotatable bonds is 4. The van der Waals surface area contributed by atoms with E-state index in [4.69, 9.17) is 4.42 Å². The summed E-state index contributed by atoms with van der Waals surface area (Å²) in [5.74, 6) is 0.230. The van der Waals surface area contributed by atoms with E-state index in [2.05, 4.69) is 10.6 Å². The molecule has 2 aromatic rings. The zero-order chi connectivity index (χ0) is 19.0. The van der Waals surface area contributed by atoms with Crippen molar-refractivity contribution in [2.45, 2.75) is 25.3 Å². The molecule has 2 N–H and O–H groups in total. The van der Waals surface area contributed by atoms with Gasteiger partial charge in [0, 0.05) is 26.1 Å². The lowest BCUT2D eigenvalue weighted by atomic mass is 9.90. The van der Waals surface area contributed by atoms with Gasteiger partial charge in [0.25, 0.3) is 5.91 Å². The van der Waals surface area contributed by atoms with Gasteiger partial charge < -0.3 is 20.0 Å². The van der Waals surface area contributed by atoms with Crippen molar-refractivity contribution in [3.8, 4) is 0 Å². The van der Waals surface area contributed by atoms with Crippen LogP contribution in [0.2, 0.25) is 0 Å². The van der Waals surface area contributed by atoms with Gasteiger partial charge in [0.2, 0.25) is 0 Å². The highest BCUT2D eigenvalue weighted by Crippen LogP contribution is 2.25. The molecule has 2 fully saturated rings. The molecule has 2 aliphatic rings. The Bertz CT molecular complexity index is 945. The lowest BCUT2D eigenvalue weighted by molar-refractivity contribution is 0.0391. The zero-order valence-electron chi connectivity index (χ0n) is 15.1. The quantitative estimate of drug-likeness (QED) is 0.851. The second-order valence-electron chi connectivity index (χ2n) is 7.29. The fourth-order valence-electron chi connectivity index (χ4n) is 3.72. The number of nitrogens with zero attached hydrogens (tertiary/aromatic N) is 1. The average molecular weight is 367 g/mol. The third-order valence-corrected chi connectivity index (χ3v) is 5.16. The van der Waals surface area contributed by atoms with E-state index in [0.29, 0.717) is 37.4 Å². The van der Waals surface area contributed by atoms with Gasteiger partial charge >= 0.3 is 11.7 Å². The van der Waals surface area contributed by atoms with Crippen LogP contribution in [-0.4, -0.2) is 42.0 Å². The SMILES string of the molecule is Cc1cc(CCc2ccccc2)oc(=O)c1C(=O)N1CC2(CNC(=O)N2)C1. The highest BCUT2D eigenvalue weighted by atomic mass is 16.4. The van der Waals surface area contributed by atoms with Crippen LogP contribution in [0.4, 0.5) is 4.79 Å². The van der Waals surface area contributed by atoms with Gasteiger partial charge in [-0.3, -0.25) is 4.79 Å². The number of likely N-dealkylation sites (tertiary alicyclic amines) is 1. The van der Waals surface area contributed by atoms with Crippen LogP contribution < -0.4 is 16.3 Å². The Morgan fingerprint density at radius 2 is 1.93 bits per heavy atom. The maximum absolute atomic E-state index is 12.7. The Labute approximate surface area is 156 Å². The molecule has 0 aliphatic carbocycles. The van der Waals surface area contributed by atoms with Crippen LogP contribution in [0.25, 0.3) is 0 Å². The molecule has 1 aromatic carbocycles. The van der Waals surface area contributed by atoms with Gasteiger partial charge in [0.1, 0.15) is 11.3 Å². The monoisotopic (exact) mass is 367 g/mol. The standard InChI is InChI=1S/C20H21N3O4/c1-13-9-15(8-7-14-5-3-2-4-6-14)27-18(25)16(13)17(24)23-11-20(12-23)10-21-19(26)22-20/h2-6,9H,7-8,10-12H2,1H3,(H2,21,22,26). The van der Waals surface area contributed by atoms with Crippen molar-refractivity contribution in [3.63, 3.8) is 0 Å². The Kier molecular flexibility index (Phi) is 4.22. The average Bonchev–Trinajstić information content (AvgIpc) is 3.01. The molecule has 0 atom stereocenters. The van der Waals surface area contributed by atoms with E-state index in [9.17, 15) is 14.4 Å². The van der Waals surface area contributed by atoms with E-state index in [1.165, 1.54) is 0 Å². The second-order valence-corrected chi connectivity index (χ2v) is 7.29. The molecule has 0 saturated carbocycles. The van der Waals surface area contributed by atoms with Crippen molar-refractivity contribution in [2.75, 3.05) is 19.6 Å². The minimum atomic E-state index is -0.599. The summed E-state index contributed by atoms with van der Waals surface area (Å²) in [4.78, 5) is 38.0. The highest BCUT2D eigenvalue weighted by molar-refractivity contribution is 5.96. The second kappa shape index (κ2) is 6.57. The minimum Gasteiger partial charge on any atom is -0.427 e. The summed E-state index contributed by atoms with van der Waals surface area (Å²) in [6.45, 7) is 3.02. The van der Waals surface area contributed by atoms with Gasteiger partial charge in [-0.1, -0.05) is 30.3 Å². The summed E-state index contributed by atoms with van der Waals surface area (Å²) in [6.07, 6.45) is 1.36. The molecule has 1 aromatic heterocycles. The van der Waals surface area contributed by atoms with Crippen molar-refractivity contribution >= 4 is 11.9 Å². The molecule has 7 heteroatoms. The van der Waals surface area contributed by atoms with Gasteiger partial charge in [-0.15, -0.1) is 0 Å². The van der Waals surface area contributed by atoms with E-state index in [1.807, 2.05) is 30.3 Å². The predicted octanol–water partition coefficient (Wildman–Crippen LogP) is 1.24. The zero-order valence-corrected chi connectivity index (χ0v) is 15.1. The third kappa shape index (κ3) is 3.32. The van der Waals surface area contributed by atoms with Crippen LogP contribution in [0, 0.1) is 6.92 Å². The third-order valence-electron chi connectivity index (χ3n) is 5.16. The molecule has 0 unspecified atom stereocenters. The van der Waals surface area contributed by atoms with E-state index in [1.54, 1.807) is 17.9 Å². The van der Waals surface area contributed by atoms with Crippen molar-refractivity contribution < 1.29 is 14.0 Å². The summed E-state index contributed by atoms with van der Waals surface area (Å²) < 4.78 is 5.40. The maximum atomic E-state index is 12.7. The van der Waals surface area contributed by atoms with Crippen molar-refractivity contribution in [1.29, 1.82) is 0 Å².